The van der Waals surface area contributed by atoms with Crippen LogP contribution in [0.25, 0.3) is 0 Å². The van der Waals surface area contributed by atoms with Gasteiger partial charge in [-0.25, -0.2) is 4.39 Å². The van der Waals surface area contributed by atoms with Crippen molar-refractivity contribution in [2.45, 2.75) is 13.0 Å². The summed E-state index contributed by atoms with van der Waals surface area (Å²) >= 11 is 0. The van der Waals surface area contributed by atoms with Gasteiger partial charge >= 0.3 is 0 Å². The van der Waals surface area contributed by atoms with Crippen molar-refractivity contribution in [1.29, 1.82) is 0 Å². The lowest BCUT2D eigenvalue weighted by Crippen LogP contribution is -2.26. The highest BCUT2D eigenvalue weighted by Gasteiger charge is 2.16. The molecule has 0 bridgehead atoms. The van der Waals surface area contributed by atoms with Crippen molar-refractivity contribution in [2.24, 2.45) is 0 Å². The highest BCUT2D eigenvalue weighted by molar-refractivity contribution is 5.94. The minimum atomic E-state index is -0.281. The van der Waals surface area contributed by atoms with Crippen molar-refractivity contribution >= 4 is 11.6 Å². The summed E-state index contributed by atoms with van der Waals surface area (Å²) in [6.45, 7) is 1.32. The Bertz CT molecular complexity index is 684. The minimum Gasteiger partial charge on any atom is -0.384 e. The Balaban J connectivity index is 1.75. The van der Waals surface area contributed by atoms with Crippen molar-refractivity contribution < 1.29 is 9.18 Å². The molecule has 0 saturated carbocycles. The summed E-state index contributed by atoms with van der Waals surface area (Å²) in [5.41, 5.74) is 3.75. The van der Waals surface area contributed by atoms with E-state index in [0.717, 1.165) is 24.2 Å². The lowest BCUT2D eigenvalue weighted by molar-refractivity contribution is 0.0785. The van der Waals surface area contributed by atoms with Gasteiger partial charge in [0.15, 0.2) is 0 Å². The third-order valence-corrected chi connectivity index (χ3v) is 3.72. The normalized spacial score (nSPS) is 12.7. The first-order valence-corrected chi connectivity index (χ1v) is 7.00. The van der Waals surface area contributed by atoms with Crippen molar-refractivity contribution in [3.63, 3.8) is 0 Å². The van der Waals surface area contributed by atoms with E-state index in [2.05, 4.69) is 5.32 Å². The number of carbonyl (C=O) groups is 1. The van der Waals surface area contributed by atoms with Crippen molar-refractivity contribution in [2.75, 3.05) is 18.9 Å². The van der Waals surface area contributed by atoms with Crippen LogP contribution in [0, 0.1) is 5.82 Å². The van der Waals surface area contributed by atoms with Gasteiger partial charge in [0.25, 0.3) is 5.91 Å². The minimum absolute atomic E-state index is 0.0473. The van der Waals surface area contributed by atoms with Gasteiger partial charge < -0.3 is 10.2 Å². The summed E-state index contributed by atoms with van der Waals surface area (Å²) in [4.78, 5) is 14.1. The zero-order valence-electron chi connectivity index (χ0n) is 11.9. The first-order chi connectivity index (χ1) is 10.1. The van der Waals surface area contributed by atoms with Gasteiger partial charge in [0, 0.05) is 31.4 Å². The van der Waals surface area contributed by atoms with E-state index in [9.17, 15) is 9.18 Å². The second-order valence-corrected chi connectivity index (χ2v) is 5.34. The van der Waals surface area contributed by atoms with E-state index in [-0.39, 0.29) is 11.7 Å². The Morgan fingerprint density at radius 1 is 1.29 bits per heavy atom. The third kappa shape index (κ3) is 2.89. The van der Waals surface area contributed by atoms with Gasteiger partial charge in [-0.05, 0) is 47.9 Å². The molecule has 0 radical (unpaired) electrons. The summed E-state index contributed by atoms with van der Waals surface area (Å²) in [5, 5.41) is 3.27. The third-order valence-electron chi connectivity index (χ3n) is 3.72. The smallest absolute Gasteiger partial charge is 0.253 e. The molecule has 108 valence electrons. The Labute approximate surface area is 123 Å². The van der Waals surface area contributed by atoms with E-state index in [4.69, 9.17) is 0 Å². The molecule has 21 heavy (non-hydrogen) atoms. The topological polar surface area (TPSA) is 32.3 Å². The Kier molecular flexibility index (Phi) is 3.60. The molecule has 0 aromatic heterocycles. The number of nitrogens with one attached hydrogen (secondary N) is 1. The molecule has 0 spiro atoms. The first kappa shape index (κ1) is 13.6. The molecule has 3 rings (SSSR count). The SMILES string of the molecule is CN(Cc1cccc(F)c1)C(=O)c1ccc2c(c1)CCN2. The summed E-state index contributed by atoms with van der Waals surface area (Å²) in [7, 11) is 1.73. The largest absolute Gasteiger partial charge is 0.384 e. The van der Waals surface area contributed by atoms with Crippen LogP contribution in [0.15, 0.2) is 42.5 Å². The maximum absolute atomic E-state index is 13.2. The van der Waals surface area contributed by atoms with Crippen LogP contribution in [-0.4, -0.2) is 24.4 Å². The predicted molar refractivity (Wildman–Crippen MR) is 80.8 cm³/mol. The van der Waals surface area contributed by atoms with Crippen LogP contribution in [0.1, 0.15) is 21.5 Å². The van der Waals surface area contributed by atoms with E-state index in [1.54, 1.807) is 18.0 Å². The fourth-order valence-corrected chi connectivity index (χ4v) is 2.64. The van der Waals surface area contributed by atoms with Crippen LogP contribution in [-0.2, 0) is 13.0 Å². The maximum Gasteiger partial charge on any atom is 0.253 e. The second kappa shape index (κ2) is 5.56. The molecule has 1 N–H and O–H groups in total. The van der Waals surface area contributed by atoms with Crippen molar-refractivity contribution in [1.82, 2.24) is 4.90 Å². The number of rotatable bonds is 3. The fraction of sp³-hybridized carbons (Fsp3) is 0.235. The lowest BCUT2D eigenvalue weighted by Gasteiger charge is -2.18. The van der Waals surface area contributed by atoms with E-state index in [1.165, 1.54) is 17.7 Å². The van der Waals surface area contributed by atoms with Gasteiger partial charge in [0.1, 0.15) is 5.82 Å². The van der Waals surface area contributed by atoms with Crippen LogP contribution >= 0.6 is 0 Å². The number of amides is 1. The molecular weight excluding hydrogens is 267 g/mol. The monoisotopic (exact) mass is 284 g/mol. The number of fused-ring (bicyclic) bond motifs is 1. The van der Waals surface area contributed by atoms with Gasteiger partial charge in [0.2, 0.25) is 0 Å². The molecule has 0 atom stereocenters. The highest BCUT2D eigenvalue weighted by atomic mass is 19.1. The number of hydrogen-bond donors (Lipinski definition) is 1. The Hall–Kier alpha value is -2.36. The van der Waals surface area contributed by atoms with Gasteiger partial charge in [-0.3, -0.25) is 4.79 Å². The molecule has 2 aromatic carbocycles. The summed E-state index contributed by atoms with van der Waals surface area (Å²) < 4.78 is 13.2. The molecule has 1 amide bonds. The number of halogens is 1. The average molecular weight is 284 g/mol. The Morgan fingerprint density at radius 2 is 2.14 bits per heavy atom. The predicted octanol–water partition coefficient (Wildman–Crippen LogP) is 3.07. The number of benzene rings is 2. The molecule has 0 fully saturated rings. The van der Waals surface area contributed by atoms with Gasteiger partial charge in [-0.1, -0.05) is 12.1 Å². The second-order valence-electron chi connectivity index (χ2n) is 5.34. The van der Waals surface area contributed by atoms with Crippen LogP contribution < -0.4 is 5.32 Å². The van der Waals surface area contributed by atoms with Gasteiger partial charge in [-0.2, -0.15) is 0 Å². The van der Waals surface area contributed by atoms with Gasteiger partial charge in [0.05, 0.1) is 0 Å². The van der Waals surface area contributed by atoms with E-state index < -0.39 is 0 Å². The quantitative estimate of drug-likeness (QED) is 0.939. The van der Waals surface area contributed by atoms with Gasteiger partial charge in [-0.15, -0.1) is 0 Å². The van der Waals surface area contributed by atoms with Crippen molar-refractivity contribution in [3.8, 4) is 0 Å². The number of hydrogen-bond acceptors (Lipinski definition) is 2. The zero-order valence-corrected chi connectivity index (χ0v) is 11.9. The summed E-state index contributed by atoms with van der Waals surface area (Å²) in [6, 6.07) is 12.1. The van der Waals surface area contributed by atoms with E-state index in [0.29, 0.717) is 12.1 Å². The standard InChI is InChI=1S/C17H17FN2O/c1-20(11-12-3-2-4-15(18)9-12)17(21)14-5-6-16-13(10-14)7-8-19-16/h2-6,9-10,19H,7-8,11H2,1H3. The average Bonchev–Trinajstić information content (AvgIpc) is 2.93. The molecular formula is C17H17FN2O. The molecule has 0 aliphatic carbocycles. The molecule has 4 heteroatoms. The lowest BCUT2D eigenvalue weighted by atomic mass is 10.1. The number of carbonyl (C=O) groups excluding carboxylic acids is 1. The Morgan fingerprint density at radius 3 is 2.95 bits per heavy atom. The van der Waals surface area contributed by atoms with Crippen LogP contribution in [0.5, 0.6) is 0 Å². The molecule has 1 heterocycles. The molecule has 0 unspecified atom stereocenters. The molecule has 1 aliphatic rings. The molecule has 1 aliphatic heterocycles. The first-order valence-electron chi connectivity index (χ1n) is 7.00. The van der Waals surface area contributed by atoms with Crippen LogP contribution in [0.4, 0.5) is 10.1 Å². The van der Waals surface area contributed by atoms with E-state index in [1.807, 2.05) is 24.3 Å². The molecule has 2 aromatic rings. The molecule has 3 nitrogen and oxygen atoms in total. The highest BCUT2D eigenvalue weighted by Crippen LogP contribution is 2.23. The zero-order chi connectivity index (χ0) is 14.8. The molecule has 0 saturated heterocycles. The fourth-order valence-electron chi connectivity index (χ4n) is 2.64. The van der Waals surface area contributed by atoms with E-state index >= 15 is 0 Å². The van der Waals surface area contributed by atoms with Crippen LogP contribution in [0.2, 0.25) is 0 Å². The summed E-state index contributed by atoms with van der Waals surface area (Å²) in [6.07, 6.45) is 0.948. The summed E-state index contributed by atoms with van der Waals surface area (Å²) in [5.74, 6) is -0.328. The van der Waals surface area contributed by atoms with Crippen LogP contribution in [0.3, 0.4) is 0 Å². The van der Waals surface area contributed by atoms with Crippen molar-refractivity contribution in [3.05, 3.63) is 65.0 Å². The number of anilines is 1. The number of nitrogens with zero attached hydrogens (tertiary/aromatic N) is 1. The maximum atomic E-state index is 13.2.